The van der Waals surface area contributed by atoms with Gasteiger partial charge in [-0.15, -0.1) is 0 Å². The molecule has 106 valence electrons. The Hall–Kier alpha value is -2.05. The zero-order chi connectivity index (χ0) is 14.4. The van der Waals surface area contributed by atoms with Crippen LogP contribution in [-0.4, -0.2) is 25.7 Å². The number of benzene rings is 1. The van der Waals surface area contributed by atoms with Crippen molar-refractivity contribution < 1.29 is 23.0 Å². The Labute approximate surface area is 109 Å². The molecule has 3 N–H and O–H groups in total. The molecule has 0 aliphatic heterocycles. The van der Waals surface area contributed by atoms with Crippen LogP contribution in [0.2, 0.25) is 0 Å². The smallest absolute Gasteiger partial charge is 0.387 e. The van der Waals surface area contributed by atoms with E-state index in [0.29, 0.717) is 12.1 Å². The molecule has 0 aliphatic rings. The van der Waals surface area contributed by atoms with Gasteiger partial charge in [0.05, 0.1) is 7.11 Å². The highest BCUT2D eigenvalue weighted by molar-refractivity contribution is 5.83. The molecule has 1 unspecified atom stereocenters. The van der Waals surface area contributed by atoms with Crippen LogP contribution >= 0.6 is 0 Å². The van der Waals surface area contributed by atoms with Crippen LogP contribution in [-0.2, 0) is 4.79 Å². The summed E-state index contributed by atoms with van der Waals surface area (Å²) in [6, 6.07) is 3.81. The molecule has 5 nitrogen and oxygen atoms in total. The molecule has 0 fully saturated rings. The van der Waals surface area contributed by atoms with Gasteiger partial charge in [0.2, 0.25) is 5.91 Å². The second-order valence-corrected chi connectivity index (χ2v) is 3.75. The van der Waals surface area contributed by atoms with E-state index in [1.54, 1.807) is 13.0 Å². The molecule has 0 spiro atoms. The molecular formula is C12H16F2N2O3. The number of hydrogen-bond acceptors (Lipinski definition) is 4. The van der Waals surface area contributed by atoms with Crippen molar-refractivity contribution in [3.05, 3.63) is 18.2 Å². The Balaban J connectivity index is 2.94. The number of nitrogens with one attached hydrogen (secondary N) is 1. The third kappa shape index (κ3) is 4.27. The Morgan fingerprint density at radius 3 is 2.58 bits per heavy atom. The molecule has 1 aromatic rings. The van der Waals surface area contributed by atoms with Crippen LogP contribution in [0.3, 0.4) is 0 Å². The van der Waals surface area contributed by atoms with Crippen molar-refractivity contribution in [1.29, 1.82) is 0 Å². The van der Waals surface area contributed by atoms with Crippen LogP contribution < -0.4 is 20.5 Å². The first kappa shape index (κ1) is 15.0. The summed E-state index contributed by atoms with van der Waals surface area (Å²) in [4.78, 5) is 11.1. The molecule has 0 aliphatic carbocycles. The number of hydrogen-bond donors (Lipinski definition) is 2. The largest absolute Gasteiger partial charge is 0.493 e. The number of methoxy groups -OCH3 is 1. The molecule has 1 aromatic carbocycles. The van der Waals surface area contributed by atoms with Gasteiger partial charge in [0, 0.05) is 11.8 Å². The van der Waals surface area contributed by atoms with Gasteiger partial charge in [-0.1, -0.05) is 6.92 Å². The molecule has 1 amide bonds. The van der Waals surface area contributed by atoms with Crippen molar-refractivity contribution >= 4 is 11.6 Å². The van der Waals surface area contributed by atoms with Crippen molar-refractivity contribution in [2.75, 3.05) is 12.4 Å². The monoisotopic (exact) mass is 274 g/mol. The first-order valence-corrected chi connectivity index (χ1v) is 5.66. The molecule has 0 heterocycles. The van der Waals surface area contributed by atoms with Gasteiger partial charge in [0.15, 0.2) is 11.5 Å². The summed E-state index contributed by atoms with van der Waals surface area (Å²) < 4.78 is 33.7. The fraction of sp³-hybridized carbons (Fsp3) is 0.417. The van der Waals surface area contributed by atoms with Gasteiger partial charge in [-0.25, -0.2) is 0 Å². The average Bonchev–Trinajstić information content (AvgIpc) is 2.35. The van der Waals surface area contributed by atoms with Crippen molar-refractivity contribution in [3.8, 4) is 11.5 Å². The summed E-state index contributed by atoms with van der Waals surface area (Å²) in [5.41, 5.74) is 5.64. The predicted molar refractivity (Wildman–Crippen MR) is 66.5 cm³/mol. The fourth-order valence-corrected chi connectivity index (χ4v) is 1.53. The fourth-order valence-electron chi connectivity index (χ4n) is 1.53. The van der Waals surface area contributed by atoms with E-state index in [4.69, 9.17) is 10.5 Å². The van der Waals surface area contributed by atoms with Gasteiger partial charge in [-0.05, 0) is 18.6 Å². The number of amides is 1. The van der Waals surface area contributed by atoms with Gasteiger partial charge < -0.3 is 20.5 Å². The Kier molecular flexibility index (Phi) is 5.35. The third-order valence-corrected chi connectivity index (χ3v) is 2.47. The topological polar surface area (TPSA) is 73.6 Å². The van der Waals surface area contributed by atoms with Crippen LogP contribution in [0.4, 0.5) is 14.5 Å². The van der Waals surface area contributed by atoms with E-state index in [1.807, 2.05) is 0 Å². The van der Waals surface area contributed by atoms with Crippen LogP contribution in [0, 0.1) is 0 Å². The second kappa shape index (κ2) is 6.77. The van der Waals surface area contributed by atoms with Crippen molar-refractivity contribution in [3.63, 3.8) is 0 Å². The van der Waals surface area contributed by atoms with E-state index in [0.717, 1.165) is 0 Å². The maximum Gasteiger partial charge on any atom is 0.387 e. The summed E-state index contributed by atoms with van der Waals surface area (Å²) in [6.45, 7) is -1.18. The van der Waals surface area contributed by atoms with Crippen LogP contribution in [0.25, 0.3) is 0 Å². The summed E-state index contributed by atoms with van der Waals surface area (Å²) in [5.74, 6) is -0.450. The molecule has 0 saturated heterocycles. The van der Waals surface area contributed by atoms with Crippen LogP contribution in [0.5, 0.6) is 11.5 Å². The van der Waals surface area contributed by atoms with E-state index in [1.165, 1.54) is 19.2 Å². The highest BCUT2D eigenvalue weighted by atomic mass is 19.3. The quantitative estimate of drug-likeness (QED) is 0.797. The minimum absolute atomic E-state index is 0.109. The molecule has 1 rings (SSSR count). The predicted octanol–water partition coefficient (Wildman–Crippen LogP) is 1.97. The van der Waals surface area contributed by atoms with Gasteiger partial charge in [0.25, 0.3) is 0 Å². The third-order valence-electron chi connectivity index (χ3n) is 2.47. The van der Waals surface area contributed by atoms with Crippen molar-refractivity contribution in [2.24, 2.45) is 5.73 Å². The first-order valence-electron chi connectivity index (χ1n) is 5.66. The minimum Gasteiger partial charge on any atom is -0.493 e. The average molecular weight is 274 g/mol. The Morgan fingerprint density at radius 2 is 2.11 bits per heavy atom. The van der Waals surface area contributed by atoms with Gasteiger partial charge in [-0.2, -0.15) is 8.78 Å². The highest BCUT2D eigenvalue weighted by Gasteiger charge is 2.15. The van der Waals surface area contributed by atoms with E-state index in [9.17, 15) is 13.6 Å². The molecule has 7 heteroatoms. The summed E-state index contributed by atoms with van der Waals surface area (Å²) in [6.07, 6.45) is 0.479. The number of rotatable bonds is 7. The van der Waals surface area contributed by atoms with Crippen LogP contribution in [0.15, 0.2) is 18.2 Å². The number of carbonyl (C=O) groups excluding carboxylic acids is 1. The number of nitrogens with two attached hydrogens (primary N) is 1. The number of primary amides is 1. The molecule has 0 saturated carbocycles. The Morgan fingerprint density at radius 1 is 1.42 bits per heavy atom. The maximum absolute atomic E-state index is 12.3. The zero-order valence-corrected chi connectivity index (χ0v) is 10.7. The van der Waals surface area contributed by atoms with E-state index in [2.05, 4.69) is 10.1 Å². The standard InChI is InChI=1S/C12H16F2N2O3/c1-3-8(11(15)17)16-7-4-5-9(18-2)10(6-7)19-12(13)14/h4-6,8,12,16H,3H2,1-2H3,(H2,15,17). The van der Waals surface area contributed by atoms with Gasteiger partial charge in [-0.3, -0.25) is 4.79 Å². The Bertz CT molecular complexity index is 441. The van der Waals surface area contributed by atoms with Gasteiger partial charge >= 0.3 is 6.61 Å². The number of anilines is 1. The summed E-state index contributed by atoms with van der Waals surface area (Å²) in [7, 11) is 1.35. The number of alkyl halides is 2. The van der Waals surface area contributed by atoms with Crippen molar-refractivity contribution in [1.82, 2.24) is 0 Å². The molecule has 1 atom stereocenters. The van der Waals surface area contributed by atoms with Gasteiger partial charge in [0.1, 0.15) is 6.04 Å². The van der Waals surface area contributed by atoms with E-state index >= 15 is 0 Å². The second-order valence-electron chi connectivity index (χ2n) is 3.75. The molecular weight excluding hydrogens is 258 g/mol. The normalized spacial score (nSPS) is 12.1. The lowest BCUT2D eigenvalue weighted by Crippen LogP contribution is -2.34. The number of carbonyl (C=O) groups is 1. The number of ether oxygens (including phenoxy) is 2. The first-order chi connectivity index (χ1) is 8.97. The summed E-state index contributed by atoms with van der Waals surface area (Å²) in [5, 5.41) is 2.84. The van der Waals surface area contributed by atoms with Crippen LogP contribution in [0.1, 0.15) is 13.3 Å². The van der Waals surface area contributed by atoms with Crippen molar-refractivity contribution in [2.45, 2.75) is 26.0 Å². The van der Waals surface area contributed by atoms with E-state index in [-0.39, 0.29) is 11.5 Å². The zero-order valence-electron chi connectivity index (χ0n) is 10.7. The molecule has 0 radical (unpaired) electrons. The molecule has 0 bridgehead atoms. The lowest BCUT2D eigenvalue weighted by molar-refractivity contribution is -0.118. The van der Waals surface area contributed by atoms with E-state index < -0.39 is 18.6 Å². The lowest BCUT2D eigenvalue weighted by atomic mass is 10.2. The summed E-state index contributed by atoms with van der Waals surface area (Å²) >= 11 is 0. The lowest BCUT2D eigenvalue weighted by Gasteiger charge is -2.16. The maximum atomic E-state index is 12.3. The number of halogens is 2. The molecule has 0 aromatic heterocycles. The molecule has 19 heavy (non-hydrogen) atoms. The minimum atomic E-state index is -2.96. The SMILES string of the molecule is CCC(Nc1ccc(OC)c(OC(F)F)c1)C(N)=O. The highest BCUT2D eigenvalue weighted by Crippen LogP contribution is 2.31.